The van der Waals surface area contributed by atoms with Crippen LogP contribution in [0.4, 0.5) is 5.13 Å². The Hall–Kier alpha value is -1.38. The third kappa shape index (κ3) is 3.55. The summed E-state index contributed by atoms with van der Waals surface area (Å²) < 4.78 is 0. The van der Waals surface area contributed by atoms with Gasteiger partial charge in [-0.25, -0.2) is 4.98 Å². The highest BCUT2D eigenvalue weighted by molar-refractivity contribution is 7.15. The molecule has 0 spiro atoms. The van der Waals surface area contributed by atoms with Gasteiger partial charge in [-0.2, -0.15) is 0 Å². The van der Waals surface area contributed by atoms with Crippen molar-refractivity contribution in [3.63, 3.8) is 0 Å². The molecule has 0 radical (unpaired) electrons. The topological polar surface area (TPSA) is 93.8 Å². The quantitative estimate of drug-likeness (QED) is 0.878. The lowest BCUT2D eigenvalue weighted by Gasteiger charge is -1.97. The summed E-state index contributed by atoms with van der Waals surface area (Å²) in [5.74, 6) is 0.0459. The van der Waals surface area contributed by atoms with Gasteiger partial charge < -0.3 is 5.73 Å². The number of carbonyl (C=O) groups is 1. The number of hydrogen-bond acceptors (Lipinski definition) is 7. The summed E-state index contributed by atoms with van der Waals surface area (Å²) in [5, 5.41) is 14.7. The van der Waals surface area contributed by atoms with Crippen molar-refractivity contribution in [1.29, 1.82) is 0 Å². The van der Waals surface area contributed by atoms with Gasteiger partial charge in [0.15, 0.2) is 0 Å². The highest BCUT2D eigenvalue weighted by Gasteiger charge is 2.14. The molecule has 2 aromatic heterocycles. The van der Waals surface area contributed by atoms with Gasteiger partial charge in [0.1, 0.15) is 10.7 Å². The molecular weight excluding hydrogens is 282 g/mol. The lowest BCUT2D eigenvalue weighted by atomic mass is 10.2. The van der Waals surface area contributed by atoms with Crippen LogP contribution in [-0.4, -0.2) is 27.6 Å². The summed E-state index contributed by atoms with van der Waals surface area (Å²) in [6, 6.07) is 0. The van der Waals surface area contributed by atoms with E-state index in [1.807, 2.05) is 13.8 Å². The Morgan fingerprint density at radius 2 is 2.26 bits per heavy atom. The molecule has 0 saturated carbocycles. The van der Waals surface area contributed by atoms with Crippen LogP contribution in [0.3, 0.4) is 0 Å². The molecule has 0 saturated heterocycles. The molecule has 3 N–H and O–H groups in total. The van der Waals surface area contributed by atoms with Crippen LogP contribution >= 0.6 is 22.7 Å². The second-order valence-corrected chi connectivity index (χ2v) is 6.17. The Balaban J connectivity index is 2.02. The van der Waals surface area contributed by atoms with Crippen LogP contribution in [0, 0.1) is 0 Å². The summed E-state index contributed by atoms with van der Waals surface area (Å²) in [6.07, 6.45) is 0.689. The van der Waals surface area contributed by atoms with Gasteiger partial charge in [0, 0.05) is 17.7 Å². The SMILES string of the molecule is CC(C)c1nnc(NC(=O)c2csc(CCN)n2)s1. The van der Waals surface area contributed by atoms with E-state index in [9.17, 15) is 4.79 Å². The van der Waals surface area contributed by atoms with Crippen LogP contribution in [0.1, 0.15) is 40.3 Å². The fraction of sp³-hybridized carbons (Fsp3) is 0.455. The summed E-state index contributed by atoms with van der Waals surface area (Å²) in [6.45, 7) is 4.60. The van der Waals surface area contributed by atoms with Crippen molar-refractivity contribution in [1.82, 2.24) is 15.2 Å². The molecule has 2 aromatic rings. The van der Waals surface area contributed by atoms with Crippen molar-refractivity contribution >= 4 is 33.7 Å². The monoisotopic (exact) mass is 297 g/mol. The number of nitrogens with two attached hydrogens (primary N) is 1. The van der Waals surface area contributed by atoms with Crippen LogP contribution in [0.5, 0.6) is 0 Å². The molecule has 6 nitrogen and oxygen atoms in total. The van der Waals surface area contributed by atoms with Crippen LogP contribution < -0.4 is 11.1 Å². The van der Waals surface area contributed by atoms with Gasteiger partial charge in [-0.3, -0.25) is 10.1 Å². The summed E-state index contributed by atoms with van der Waals surface area (Å²) >= 11 is 2.82. The Morgan fingerprint density at radius 3 is 2.89 bits per heavy atom. The number of carbonyl (C=O) groups excluding carboxylic acids is 1. The lowest BCUT2D eigenvalue weighted by molar-refractivity contribution is 0.102. The average molecular weight is 297 g/mol. The van der Waals surface area contributed by atoms with E-state index in [-0.39, 0.29) is 5.91 Å². The third-order valence-electron chi connectivity index (χ3n) is 2.30. The molecule has 8 heteroatoms. The molecule has 0 aliphatic carbocycles. The minimum absolute atomic E-state index is 0.258. The molecule has 0 unspecified atom stereocenters. The zero-order chi connectivity index (χ0) is 13.8. The van der Waals surface area contributed by atoms with Crippen molar-refractivity contribution < 1.29 is 4.79 Å². The van der Waals surface area contributed by atoms with Gasteiger partial charge in [0.25, 0.3) is 5.91 Å². The van der Waals surface area contributed by atoms with Gasteiger partial charge in [-0.05, 0) is 6.54 Å². The largest absolute Gasteiger partial charge is 0.330 e. The maximum Gasteiger partial charge on any atom is 0.276 e. The van der Waals surface area contributed by atoms with Gasteiger partial charge in [0.2, 0.25) is 5.13 Å². The lowest BCUT2D eigenvalue weighted by Crippen LogP contribution is -2.12. The molecule has 0 bridgehead atoms. The number of nitrogens with one attached hydrogen (secondary N) is 1. The highest BCUT2D eigenvalue weighted by Crippen LogP contribution is 2.23. The Bertz CT molecular complexity index is 563. The number of anilines is 1. The number of aromatic nitrogens is 3. The van der Waals surface area contributed by atoms with E-state index >= 15 is 0 Å². The molecule has 0 fully saturated rings. The number of rotatable bonds is 5. The van der Waals surface area contributed by atoms with Gasteiger partial charge in [-0.15, -0.1) is 21.5 Å². The molecule has 0 aliphatic rings. The maximum atomic E-state index is 12.0. The molecule has 0 atom stereocenters. The van der Waals surface area contributed by atoms with Crippen LogP contribution in [0.2, 0.25) is 0 Å². The summed E-state index contributed by atoms with van der Waals surface area (Å²) in [7, 11) is 0. The number of thiazole rings is 1. The minimum Gasteiger partial charge on any atom is -0.330 e. The first-order valence-corrected chi connectivity index (χ1v) is 7.59. The molecule has 2 heterocycles. The third-order valence-corrected chi connectivity index (χ3v) is 4.35. The Morgan fingerprint density at radius 1 is 1.47 bits per heavy atom. The second-order valence-electron chi connectivity index (χ2n) is 4.22. The number of nitrogens with zero attached hydrogens (tertiary/aromatic N) is 3. The Kier molecular flexibility index (Phi) is 4.56. The summed E-state index contributed by atoms with van der Waals surface area (Å²) in [5.41, 5.74) is 5.85. The zero-order valence-electron chi connectivity index (χ0n) is 10.7. The number of amides is 1. The first-order valence-electron chi connectivity index (χ1n) is 5.89. The predicted molar refractivity (Wildman–Crippen MR) is 76.8 cm³/mol. The van der Waals surface area contributed by atoms with Gasteiger partial charge >= 0.3 is 0 Å². The van der Waals surface area contributed by atoms with Gasteiger partial charge in [-0.1, -0.05) is 25.2 Å². The number of hydrogen-bond donors (Lipinski definition) is 2. The molecule has 1 amide bonds. The van der Waals surface area contributed by atoms with Crippen LogP contribution in [-0.2, 0) is 6.42 Å². The van der Waals surface area contributed by atoms with Crippen molar-refractivity contribution in [2.24, 2.45) is 5.73 Å². The van der Waals surface area contributed by atoms with E-state index in [2.05, 4.69) is 20.5 Å². The zero-order valence-corrected chi connectivity index (χ0v) is 12.3. The minimum atomic E-state index is -0.258. The van der Waals surface area contributed by atoms with E-state index in [0.717, 1.165) is 10.0 Å². The smallest absolute Gasteiger partial charge is 0.276 e. The van der Waals surface area contributed by atoms with E-state index < -0.39 is 0 Å². The molecule has 19 heavy (non-hydrogen) atoms. The van der Waals surface area contributed by atoms with Crippen molar-refractivity contribution in [2.75, 3.05) is 11.9 Å². The second kappa shape index (κ2) is 6.18. The predicted octanol–water partition coefficient (Wildman–Crippen LogP) is 1.87. The maximum absolute atomic E-state index is 12.0. The van der Waals surface area contributed by atoms with Crippen LogP contribution in [0.15, 0.2) is 5.38 Å². The molecular formula is C11H15N5OS2. The normalized spacial score (nSPS) is 10.9. The standard InChI is InChI=1S/C11H15N5OS2/c1-6(2)10-15-16-11(19-10)14-9(17)7-5-18-8(13-7)3-4-12/h5-6H,3-4,12H2,1-2H3,(H,14,16,17). The van der Waals surface area contributed by atoms with E-state index in [1.165, 1.54) is 22.7 Å². The molecule has 0 aliphatic heterocycles. The van der Waals surface area contributed by atoms with Gasteiger partial charge in [0.05, 0.1) is 5.01 Å². The highest BCUT2D eigenvalue weighted by atomic mass is 32.1. The first kappa shape index (κ1) is 14.0. The Labute approximate surface area is 119 Å². The molecule has 2 rings (SSSR count). The fourth-order valence-corrected chi connectivity index (χ4v) is 2.87. The molecule has 102 valence electrons. The van der Waals surface area contributed by atoms with Crippen molar-refractivity contribution in [3.05, 3.63) is 21.1 Å². The summed E-state index contributed by atoms with van der Waals surface area (Å²) in [4.78, 5) is 16.2. The van der Waals surface area contributed by atoms with Crippen molar-refractivity contribution in [2.45, 2.75) is 26.2 Å². The van der Waals surface area contributed by atoms with Crippen molar-refractivity contribution in [3.8, 4) is 0 Å². The average Bonchev–Trinajstić information content (AvgIpc) is 2.98. The van der Waals surface area contributed by atoms with E-state index in [4.69, 9.17) is 5.73 Å². The van der Waals surface area contributed by atoms with E-state index in [0.29, 0.717) is 29.7 Å². The van der Waals surface area contributed by atoms with Crippen LogP contribution in [0.25, 0.3) is 0 Å². The first-order chi connectivity index (χ1) is 9.10. The molecule has 0 aromatic carbocycles. The van der Waals surface area contributed by atoms with E-state index in [1.54, 1.807) is 5.38 Å². The fourth-order valence-electron chi connectivity index (χ4n) is 1.33.